The van der Waals surface area contributed by atoms with E-state index >= 15 is 0 Å². The normalized spacial score (nSPS) is 13.5. The first kappa shape index (κ1) is 19.5. The Hall–Kier alpha value is 0.120. The zero-order valence-electron chi connectivity index (χ0n) is 11.0. The van der Waals surface area contributed by atoms with E-state index in [-0.39, 0.29) is 36.9 Å². The highest BCUT2D eigenvalue weighted by molar-refractivity contribution is 7.89. The molecular formula is C10H25ClN2O3S. The predicted molar refractivity (Wildman–Crippen MR) is 73.3 cm³/mol. The van der Waals surface area contributed by atoms with Crippen molar-refractivity contribution in [2.45, 2.75) is 39.8 Å². The first-order chi connectivity index (χ1) is 7.37. The Balaban J connectivity index is 0. The molecule has 0 bridgehead atoms. The lowest BCUT2D eigenvalue weighted by molar-refractivity contribution is 0.0911. The molecule has 0 radical (unpaired) electrons. The molecule has 0 aliphatic rings. The van der Waals surface area contributed by atoms with Crippen molar-refractivity contribution in [3.8, 4) is 0 Å². The van der Waals surface area contributed by atoms with E-state index in [0.717, 1.165) is 6.54 Å². The number of nitrogens with one attached hydrogen (secondary N) is 2. The van der Waals surface area contributed by atoms with Crippen molar-refractivity contribution in [2.24, 2.45) is 0 Å². The number of sulfonamides is 1. The lowest BCUT2D eigenvalue weighted by Gasteiger charge is -2.14. The third-order valence-electron chi connectivity index (χ3n) is 1.97. The van der Waals surface area contributed by atoms with Gasteiger partial charge >= 0.3 is 0 Å². The van der Waals surface area contributed by atoms with Crippen molar-refractivity contribution >= 4 is 22.4 Å². The second-order valence-electron chi connectivity index (χ2n) is 4.05. The molecule has 2 N–H and O–H groups in total. The van der Waals surface area contributed by atoms with Gasteiger partial charge in [-0.3, -0.25) is 0 Å². The van der Waals surface area contributed by atoms with Gasteiger partial charge < -0.3 is 10.1 Å². The van der Waals surface area contributed by atoms with Crippen LogP contribution in [0.15, 0.2) is 0 Å². The van der Waals surface area contributed by atoms with Gasteiger partial charge in [0.25, 0.3) is 0 Å². The Kier molecular flexibility index (Phi) is 11.5. The van der Waals surface area contributed by atoms with E-state index in [2.05, 4.69) is 10.0 Å². The van der Waals surface area contributed by atoms with Crippen LogP contribution in [0.1, 0.15) is 27.7 Å². The molecule has 0 unspecified atom stereocenters. The van der Waals surface area contributed by atoms with Crippen molar-refractivity contribution in [1.82, 2.24) is 10.0 Å². The van der Waals surface area contributed by atoms with Crippen LogP contribution in [0, 0.1) is 0 Å². The van der Waals surface area contributed by atoms with E-state index < -0.39 is 10.0 Å². The standard InChI is InChI=1S/C10H24N2O3S.ClH/c1-5-11-10(4)8-12-16(13,14)7-6-15-9(2)3;/h9-12H,5-8H2,1-4H3;1H/t10-;/m1./s1. The summed E-state index contributed by atoms with van der Waals surface area (Å²) in [5.41, 5.74) is 0. The van der Waals surface area contributed by atoms with Gasteiger partial charge in [0.1, 0.15) is 0 Å². The molecule has 106 valence electrons. The van der Waals surface area contributed by atoms with Crippen molar-refractivity contribution in [1.29, 1.82) is 0 Å². The van der Waals surface area contributed by atoms with Crippen LogP contribution in [0.2, 0.25) is 0 Å². The summed E-state index contributed by atoms with van der Waals surface area (Å²) in [5, 5.41) is 3.13. The molecule has 0 aromatic carbocycles. The number of likely N-dealkylation sites (N-methyl/N-ethyl adjacent to an activating group) is 1. The smallest absolute Gasteiger partial charge is 0.213 e. The van der Waals surface area contributed by atoms with E-state index in [1.807, 2.05) is 27.7 Å². The van der Waals surface area contributed by atoms with Gasteiger partial charge in [-0.15, -0.1) is 12.4 Å². The van der Waals surface area contributed by atoms with E-state index in [1.54, 1.807) is 0 Å². The molecule has 0 saturated heterocycles. The average molecular weight is 289 g/mol. The van der Waals surface area contributed by atoms with Gasteiger partial charge in [0.2, 0.25) is 10.0 Å². The number of ether oxygens (including phenoxy) is 1. The summed E-state index contributed by atoms with van der Waals surface area (Å²) >= 11 is 0. The molecule has 0 aromatic rings. The number of hydrogen-bond donors (Lipinski definition) is 2. The maximum Gasteiger partial charge on any atom is 0.213 e. The molecule has 0 aromatic heterocycles. The van der Waals surface area contributed by atoms with Crippen LogP contribution in [0.4, 0.5) is 0 Å². The second-order valence-corrected chi connectivity index (χ2v) is 5.97. The third-order valence-corrected chi connectivity index (χ3v) is 3.28. The van der Waals surface area contributed by atoms with Crippen LogP contribution in [0.3, 0.4) is 0 Å². The molecule has 0 saturated carbocycles. The molecule has 5 nitrogen and oxygen atoms in total. The topological polar surface area (TPSA) is 67.4 Å². The first-order valence-electron chi connectivity index (χ1n) is 5.69. The fourth-order valence-electron chi connectivity index (χ4n) is 1.14. The van der Waals surface area contributed by atoms with E-state index in [4.69, 9.17) is 4.74 Å². The maximum absolute atomic E-state index is 11.5. The van der Waals surface area contributed by atoms with Crippen molar-refractivity contribution in [3.63, 3.8) is 0 Å². The summed E-state index contributed by atoms with van der Waals surface area (Å²) in [5.74, 6) is 0.0179. The first-order valence-corrected chi connectivity index (χ1v) is 7.35. The van der Waals surface area contributed by atoms with Gasteiger partial charge in [0.05, 0.1) is 18.5 Å². The van der Waals surface area contributed by atoms with Crippen LogP contribution in [0.5, 0.6) is 0 Å². The third kappa shape index (κ3) is 12.4. The van der Waals surface area contributed by atoms with Crippen LogP contribution in [-0.4, -0.2) is 46.0 Å². The van der Waals surface area contributed by atoms with Crippen LogP contribution < -0.4 is 10.0 Å². The van der Waals surface area contributed by atoms with Gasteiger partial charge in [-0.2, -0.15) is 0 Å². The van der Waals surface area contributed by atoms with Gasteiger partial charge in [-0.1, -0.05) is 6.92 Å². The lowest BCUT2D eigenvalue weighted by atomic mass is 10.3. The maximum atomic E-state index is 11.5. The fourth-order valence-corrected chi connectivity index (χ4v) is 2.10. The molecule has 7 heteroatoms. The molecule has 0 amide bonds. The fraction of sp³-hybridized carbons (Fsp3) is 1.00. The predicted octanol–water partition coefficient (Wildman–Crippen LogP) is 0.751. The molecule has 0 rings (SSSR count). The quantitative estimate of drug-likeness (QED) is 0.657. The Bertz CT molecular complexity index is 271. The van der Waals surface area contributed by atoms with Crippen molar-refractivity contribution in [3.05, 3.63) is 0 Å². The zero-order chi connectivity index (χ0) is 12.6. The Morgan fingerprint density at radius 1 is 1.24 bits per heavy atom. The monoisotopic (exact) mass is 288 g/mol. The summed E-state index contributed by atoms with van der Waals surface area (Å²) in [6.07, 6.45) is 0.0656. The summed E-state index contributed by atoms with van der Waals surface area (Å²) < 4.78 is 30.7. The molecule has 0 heterocycles. The summed E-state index contributed by atoms with van der Waals surface area (Å²) in [4.78, 5) is 0. The molecule has 0 aliphatic heterocycles. The van der Waals surface area contributed by atoms with Gasteiger partial charge in [0, 0.05) is 12.6 Å². The largest absolute Gasteiger partial charge is 0.378 e. The lowest BCUT2D eigenvalue weighted by Crippen LogP contribution is -2.40. The number of rotatable bonds is 9. The molecular weight excluding hydrogens is 264 g/mol. The van der Waals surface area contributed by atoms with Crippen LogP contribution >= 0.6 is 12.4 Å². The minimum absolute atomic E-state index is 0. The highest BCUT2D eigenvalue weighted by atomic mass is 35.5. The van der Waals surface area contributed by atoms with Gasteiger partial charge in [-0.25, -0.2) is 13.1 Å². The van der Waals surface area contributed by atoms with Gasteiger partial charge in [0.15, 0.2) is 0 Å². The molecule has 0 spiro atoms. The second kappa shape index (κ2) is 10.1. The summed E-state index contributed by atoms with van der Waals surface area (Å²) in [6.45, 7) is 9.18. The molecule has 1 atom stereocenters. The number of hydrogen-bond acceptors (Lipinski definition) is 4. The average Bonchev–Trinajstić information content (AvgIpc) is 2.14. The zero-order valence-corrected chi connectivity index (χ0v) is 12.7. The van der Waals surface area contributed by atoms with E-state index in [1.165, 1.54) is 0 Å². The van der Waals surface area contributed by atoms with Gasteiger partial charge in [-0.05, 0) is 27.3 Å². The minimum atomic E-state index is -3.21. The van der Waals surface area contributed by atoms with E-state index in [9.17, 15) is 8.42 Å². The Morgan fingerprint density at radius 3 is 2.29 bits per heavy atom. The van der Waals surface area contributed by atoms with Crippen LogP contribution in [0.25, 0.3) is 0 Å². The highest BCUT2D eigenvalue weighted by Gasteiger charge is 2.11. The Labute approximate surface area is 111 Å². The Morgan fingerprint density at radius 2 is 1.82 bits per heavy atom. The summed E-state index contributed by atoms with van der Waals surface area (Å²) in [6, 6.07) is 0.144. The summed E-state index contributed by atoms with van der Waals surface area (Å²) in [7, 11) is -3.21. The van der Waals surface area contributed by atoms with Crippen LogP contribution in [-0.2, 0) is 14.8 Å². The van der Waals surface area contributed by atoms with E-state index in [0.29, 0.717) is 6.54 Å². The SMILES string of the molecule is CCN[C@H](C)CNS(=O)(=O)CCOC(C)C.Cl. The molecule has 0 aliphatic carbocycles. The molecule has 17 heavy (non-hydrogen) atoms. The van der Waals surface area contributed by atoms with Crippen molar-refractivity contribution < 1.29 is 13.2 Å². The highest BCUT2D eigenvalue weighted by Crippen LogP contribution is 1.91. The minimum Gasteiger partial charge on any atom is -0.378 e. The molecule has 0 fully saturated rings. The number of halogens is 1. The van der Waals surface area contributed by atoms with Crippen molar-refractivity contribution in [2.75, 3.05) is 25.4 Å².